The molecular weight excluding hydrogens is 270 g/mol. The highest BCUT2D eigenvalue weighted by Gasteiger charge is 2.08. The van der Waals surface area contributed by atoms with Gasteiger partial charge in [-0.05, 0) is 19.1 Å². The Labute approximate surface area is 113 Å². The fraction of sp³-hybridized carbons (Fsp3) is 0.300. The molecule has 0 aliphatic rings. The first-order valence-electron chi connectivity index (χ1n) is 5.43. The van der Waals surface area contributed by atoms with Gasteiger partial charge in [-0.25, -0.2) is 4.98 Å². The molecule has 0 unspecified atom stereocenters. The van der Waals surface area contributed by atoms with Crippen LogP contribution in [0.15, 0.2) is 17.8 Å². The number of thiazole rings is 1. The Bertz CT molecular complexity index is 533. The third kappa shape index (κ3) is 3.17. The van der Waals surface area contributed by atoms with Crippen molar-refractivity contribution < 1.29 is 4.79 Å². The lowest BCUT2D eigenvalue weighted by atomic mass is 10.3. The first-order chi connectivity index (χ1) is 8.69. The van der Waals surface area contributed by atoms with E-state index in [0.717, 1.165) is 10.7 Å². The van der Waals surface area contributed by atoms with Gasteiger partial charge in [-0.2, -0.15) is 0 Å². The van der Waals surface area contributed by atoms with Gasteiger partial charge in [0.15, 0.2) is 10.1 Å². The average Bonchev–Trinajstić information content (AvgIpc) is 2.87. The number of hydrazine groups is 1. The third-order valence-corrected chi connectivity index (χ3v) is 3.15. The third-order valence-electron chi connectivity index (χ3n) is 2.14. The molecule has 2 heterocycles. The molecule has 6 nitrogen and oxygen atoms in total. The van der Waals surface area contributed by atoms with Gasteiger partial charge in [0.2, 0.25) is 5.91 Å². The maximum absolute atomic E-state index is 11.6. The number of imidazole rings is 1. The smallest absolute Gasteiger partial charge is 0.244 e. The molecule has 3 N–H and O–H groups in total. The van der Waals surface area contributed by atoms with Crippen molar-refractivity contribution in [1.29, 1.82) is 0 Å². The maximum atomic E-state index is 11.6. The van der Waals surface area contributed by atoms with E-state index in [-0.39, 0.29) is 12.3 Å². The molecule has 0 spiro atoms. The number of nitrogens with zero attached hydrogens (tertiary/aromatic N) is 2. The molecule has 0 atom stereocenters. The van der Waals surface area contributed by atoms with Crippen molar-refractivity contribution in [2.75, 3.05) is 6.54 Å². The van der Waals surface area contributed by atoms with Crippen LogP contribution in [0.3, 0.4) is 0 Å². The van der Waals surface area contributed by atoms with Crippen LogP contribution in [-0.2, 0) is 11.2 Å². The van der Waals surface area contributed by atoms with E-state index in [1.54, 1.807) is 0 Å². The molecule has 0 saturated carbocycles. The number of aromatic nitrogens is 2. The van der Waals surface area contributed by atoms with E-state index in [4.69, 9.17) is 12.2 Å². The van der Waals surface area contributed by atoms with Gasteiger partial charge in [-0.1, -0.05) is 0 Å². The molecule has 0 radical (unpaired) electrons. The van der Waals surface area contributed by atoms with Crippen LogP contribution in [0.5, 0.6) is 0 Å². The maximum Gasteiger partial charge on any atom is 0.244 e. The second kappa shape index (κ2) is 5.78. The Morgan fingerprint density at radius 3 is 3.11 bits per heavy atom. The lowest BCUT2D eigenvalue weighted by Crippen LogP contribution is -2.47. The Kier molecular flexibility index (Phi) is 4.11. The number of carbonyl (C=O) groups excluding carboxylic acids is 1. The summed E-state index contributed by atoms with van der Waals surface area (Å²) in [5.41, 5.74) is 5.87. The second-order valence-electron chi connectivity index (χ2n) is 3.53. The molecule has 0 saturated heterocycles. The molecule has 96 valence electrons. The lowest BCUT2D eigenvalue weighted by Gasteiger charge is -2.09. The fourth-order valence-electron chi connectivity index (χ4n) is 1.40. The molecule has 8 heteroatoms. The minimum Gasteiger partial charge on any atom is -0.362 e. The van der Waals surface area contributed by atoms with Crippen LogP contribution in [0.2, 0.25) is 0 Å². The Morgan fingerprint density at radius 1 is 1.56 bits per heavy atom. The number of rotatable bonds is 3. The molecule has 0 bridgehead atoms. The van der Waals surface area contributed by atoms with Crippen LogP contribution in [0.4, 0.5) is 0 Å². The monoisotopic (exact) mass is 283 g/mol. The van der Waals surface area contributed by atoms with E-state index in [2.05, 4.69) is 21.2 Å². The van der Waals surface area contributed by atoms with Crippen LogP contribution in [0, 0.1) is 0 Å². The quantitative estimate of drug-likeness (QED) is 0.564. The molecule has 0 fully saturated rings. The van der Waals surface area contributed by atoms with Crippen LogP contribution in [0.1, 0.15) is 12.6 Å². The molecule has 2 aromatic rings. The number of thiocarbonyl (C=S) groups is 1. The number of carbonyl (C=O) groups is 1. The summed E-state index contributed by atoms with van der Waals surface area (Å²) in [4.78, 5) is 16.8. The first kappa shape index (κ1) is 12.8. The minimum absolute atomic E-state index is 0.180. The molecule has 18 heavy (non-hydrogen) atoms. The van der Waals surface area contributed by atoms with Crippen molar-refractivity contribution in [3.63, 3.8) is 0 Å². The summed E-state index contributed by atoms with van der Waals surface area (Å²) in [5.74, 6) is -0.180. The Hall–Kier alpha value is -1.67. The van der Waals surface area contributed by atoms with Gasteiger partial charge in [-0.15, -0.1) is 11.3 Å². The zero-order valence-electron chi connectivity index (χ0n) is 9.77. The van der Waals surface area contributed by atoms with Gasteiger partial charge in [0.1, 0.15) is 0 Å². The largest absolute Gasteiger partial charge is 0.362 e. The van der Waals surface area contributed by atoms with Crippen molar-refractivity contribution >= 4 is 39.5 Å². The topological polar surface area (TPSA) is 70.5 Å². The standard InChI is InChI=1S/C10H13N5OS2/c1-2-11-9(17)14-13-8(16)5-7-6-15-3-4-18-10(15)12-7/h3-4,6H,2,5H2,1H3,(H,13,16)(H2,11,14,17). The van der Waals surface area contributed by atoms with E-state index in [9.17, 15) is 4.79 Å². The zero-order chi connectivity index (χ0) is 13.0. The van der Waals surface area contributed by atoms with Gasteiger partial charge < -0.3 is 5.32 Å². The number of amides is 1. The highest BCUT2D eigenvalue weighted by molar-refractivity contribution is 7.80. The first-order valence-corrected chi connectivity index (χ1v) is 6.71. The van der Waals surface area contributed by atoms with E-state index in [1.165, 1.54) is 11.3 Å². The highest BCUT2D eigenvalue weighted by atomic mass is 32.1. The normalized spacial score (nSPS) is 10.3. The number of fused-ring (bicyclic) bond motifs is 1. The molecule has 0 aromatic carbocycles. The van der Waals surface area contributed by atoms with Gasteiger partial charge in [0, 0.05) is 24.3 Å². The van der Waals surface area contributed by atoms with Crippen molar-refractivity contribution in [3.8, 4) is 0 Å². The van der Waals surface area contributed by atoms with Crippen LogP contribution in [-0.4, -0.2) is 26.9 Å². The predicted octanol–water partition coefficient (Wildman–Crippen LogP) is 0.454. The van der Waals surface area contributed by atoms with E-state index >= 15 is 0 Å². The van der Waals surface area contributed by atoms with Crippen LogP contribution < -0.4 is 16.2 Å². The number of nitrogens with one attached hydrogen (secondary N) is 3. The van der Waals surface area contributed by atoms with Crippen molar-refractivity contribution in [2.45, 2.75) is 13.3 Å². The minimum atomic E-state index is -0.180. The van der Waals surface area contributed by atoms with Gasteiger partial charge in [0.05, 0.1) is 12.1 Å². The van der Waals surface area contributed by atoms with Gasteiger partial charge in [-0.3, -0.25) is 20.0 Å². The molecule has 0 aliphatic heterocycles. The summed E-state index contributed by atoms with van der Waals surface area (Å²) < 4.78 is 1.89. The van der Waals surface area contributed by atoms with Crippen molar-refractivity contribution in [3.05, 3.63) is 23.5 Å². The highest BCUT2D eigenvalue weighted by Crippen LogP contribution is 2.11. The molecule has 2 aromatic heterocycles. The number of hydrogen-bond acceptors (Lipinski definition) is 4. The van der Waals surface area contributed by atoms with E-state index in [0.29, 0.717) is 11.7 Å². The summed E-state index contributed by atoms with van der Waals surface area (Å²) in [5, 5.41) is 5.22. The molecular formula is C10H13N5OS2. The van der Waals surface area contributed by atoms with Crippen molar-refractivity contribution in [2.24, 2.45) is 0 Å². The summed E-state index contributed by atoms with van der Waals surface area (Å²) in [6.45, 7) is 2.63. The average molecular weight is 283 g/mol. The fourth-order valence-corrected chi connectivity index (χ4v) is 2.32. The van der Waals surface area contributed by atoms with Crippen molar-refractivity contribution in [1.82, 2.24) is 25.6 Å². The lowest BCUT2D eigenvalue weighted by molar-refractivity contribution is -0.121. The summed E-state index contributed by atoms with van der Waals surface area (Å²) in [6, 6.07) is 0. The van der Waals surface area contributed by atoms with Crippen LogP contribution >= 0.6 is 23.6 Å². The van der Waals surface area contributed by atoms with Gasteiger partial charge >= 0.3 is 0 Å². The summed E-state index contributed by atoms with van der Waals surface area (Å²) in [6.07, 6.45) is 3.97. The zero-order valence-corrected chi connectivity index (χ0v) is 11.4. The van der Waals surface area contributed by atoms with Gasteiger partial charge in [0.25, 0.3) is 0 Å². The summed E-state index contributed by atoms with van der Waals surface area (Å²) >= 11 is 6.45. The number of hydrogen-bond donors (Lipinski definition) is 3. The Morgan fingerprint density at radius 2 is 2.39 bits per heavy atom. The van der Waals surface area contributed by atoms with E-state index < -0.39 is 0 Å². The Balaban J connectivity index is 1.84. The molecule has 1 amide bonds. The molecule has 2 rings (SSSR count). The summed E-state index contributed by atoms with van der Waals surface area (Å²) in [7, 11) is 0. The molecule has 0 aliphatic carbocycles. The van der Waals surface area contributed by atoms with Crippen LogP contribution in [0.25, 0.3) is 4.96 Å². The predicted molar refractivity (Wildman–Crippen MR) is 74.3 cm³/mol. The second-order valence-corrected chi connectivity index (χ2v) is 4.82. The SMILES string of the molecule is CCNC(=S)NNC(=O)Cc1cn2ccsc2n1. The van der Waals surface area contributed by atoms with E-state index in [1.807, 2.05) is 29.1 Å².